The predicted octanol–water partition coefficient (Wildman–Crippen LogP) is 3.79. The minimum atomic E-state index is -0.264. The van der Waals surface area contributed by atoms with Gasteiger partial charge < -0.3 is 0 Å². The molecule has 1 saturated carbocycles. The lowest BCUT2D eigenvalue weighted by Crippen LogP contribution is -2.31. The van der Waals surface area contributed by atoms with Crippen LogP contribution in [0.1, 0.15) is 46.0 Å². The lowest BCUT2D eigenvalue weighted by atomic mass is 10.00. The zero-order chi connectivity index (χ0) is 9.19. The van der Waals surface area contributed by atoms with Gasteiger partial charge in [-0.1, -0.05) is 20.3 Å². The maximum absolute atomic E-state index is 2.56. The molecule has 1 fully saturated rings. The minimum Gasteiger partial charge on any atom is -0.241 e. The highest BCUT2D eigenvalue weighted by Crippen LogP contribution is 2.58. The molecule has 1 heteroatoms. The summed E-state index contributed by atoms with van der Waals surface area (Å²) >= 11 is 0. The molecule has 1 aliphatic rings. The molecule has 0 N–H and O–H groups in total. The van der Waals surface area contributed by atoms with Crippen LogP contribution in [0.5, 0.6) is 0 Å². The smallest absolute Gasteiger partial charge is 0.0114 e. The molecular weight excluding hydrogens is 164 g/mol. The summed E-state index contributed by atoms with van der Waals surface area (Å²) < 4.78 is 0. The van der Waals surface area contributed by atoms with E-state index in [0.717, 1.165) is 10.5 Å². The van der Waals surface area contributed by atoms with Gasteiger partial charge in [-0.15, -0.1) is 0 Å². The van der Waals surface area contributed by atoms with Crippen molar-refractivity contribution < 1.29 is 0 Å². The monoisotopic (exact) mass is 188 g/mol. The average molecular weight is 188 g/mol. The molecule has 0 radical (unpaired) electrons. The Hall–Kier alpha value is 0.350. The first-order chi connectivity index (χ1) is 5.62. The fraction of sp³-hybridized carbons (Fsp3) is 1.00. The standard InChI is InChI=1S/C11H24S/c1-5-10(6-2)12(3,4)11-8-7-9-11/h10-11H,5-9H2,1-4H3. The summed E-state index contributed by atoms with van der Waals surface area (Å²) in [6.45, 7) is 4.73. The van der Waals surface area contributed by atoms with Crippen LogP contribution in [0.3, 0.4) is 0 Å². The van der Waals surface area contributed by atoms with Crippen molar-refractivity contribution in [2.45, 2.75) is 56.5 Å². The van der Waals surface area contributed by atoms with Crippen LogP contribution >= 0.6 is 10.0 Å². The summed E-state index contributed by atoms with van der Waals surface area (Å²) in [4.78, 5) is 0. The van der Waals surface area contributed by atoms with Gasteiger partial charge in [0.05, 0.1) is 0 Å². The summed E-state index contributed by atoms with van der Waals surface area (Å²) in [6.07, 6.45) is 12.5. The second-order valence-corrected chi connectivity index (χ2v) is 8.79. The first-order valence-electron chi connectivity index (χ1n) is 5.34. The van der Waals surface area contributed by atoms with Crippen molar-refractivity contribution in [2.75, 3.05) is 12.5 Å². The maximum Gasteiger partial charge on any atom is -0.0114 e. The Labute approximate surface area is 79.4 Å². The highest BCUT2D eigenvalue weighted by atomic mass is 32.3. The molecule has 12 heavy (non-hydrogen) atoms. The quantitative estimate of drug-likeness (QED) is 0.629. The van der Waals surface area contributed by atoms with E-state index in [2.05, 4.69) is 26.4 Å². The van der Waals surface area contributed by atoms with Gasteiger partial charge in [-0.05, 0) is 48.7 Å². The Morgan fingerprint density at radius 1 is 1.17 bits per heavy atom. The first-order valence-corrected chi connectivity index (χ1v) is 7.91. The van der Waals surface area contributed by atoms with Crippen molar-refractivity contribution in [1.29, 1.82) is 0 Å². The summed E-state index contributed by atoms with van der Waals surface area (Å²) in [5.74, 6) is 0. The zero-order valence-corrected chi connectivity index (χ0v) is 9.91. The van der Waals surface area contributed by atoms with Crippen molar-refractivity contribution in [3.05, 3.63) is 0 Å². The van der Waals surface area contributed by atoms with Crippen LogP contribution < -0.4 is 0 Å². The number of hydrogen-bond acceptors (Lipinski definition) is 0. The third-order valence-corrected chi connectivity index (χ3v) is 8.26. The van der Waals surface area contributed by atoms with E-state index in [1.54, 1.807) is 0 Å². The molecule has 0 saturated heterocycles. The van der Waals surface area contributed by atoms with Crippen LogP contribution in [0.25, 0.3) is 0 Å². The highest BCUT2D eigenvalue weighted by Gasteiger charge is 2.34. The van der Waals surface area contributed by atoms with E-state index in [-0.39, 0.29) is 10.0 Å². The molecule has 0 atom stereocenters. The molecule has 0 bridgehead atoms. The SMILES string of the molecule is CCC(CC)S(C)(C)C1CCC1. The molecule has 0 aromatic carbocycles. The Bertz CT molecular complexity index is 132. The van der Waals surface area contributed by atoms with Gasteiger partial charge in [0, 0.05) is 0 Å². The molecule has 0 spiro atoms. The fourth-order valence-electron chi connectivity index (χ4n) is 2.40. The molecular formula is C11H24S. The predicted molar refractivity (Wildman–Crippen MR) is 61.4 cm³/mol. The van der Waals surface area contributed by atoms with E-state index in [1.165, 1.54) is 32.1 Å². The van der Waals surface area contributed by atoms with Crippen molar-refractivity contribution in [1.82, 2.24) is 0 Å². The summed E-state index contributed by atoms with van der Waals surface area (Å²) in [5.41, 5.74) is 0. The molecule has 0 nitrogen and oxygen atoms in total. The van der Waals surface area contributed by atoms with Gasteiger partial charge >= 0.3 is 0 Å². The van der Waals surface area contributed by atoms with E-state index < -0.39 is 0 Å². The van der Waals surface area contributed by atoms with Crippen molar-refractivity contribution >= 4 is 10.0 Å². The van der Waals surface area contributed by atoms with Crippen LogP contribution in [0, 0.1) is 0 Å². The largest absolute Gasteiger partial charge is 0.241 e. The summed E-state index contributed by atoms with van der Waals surface area (Å²) in [7, 11) is -0.264. The molecule has 1 rings (SSSR count). The Kier molecular flexibility index (Phi) is 3.51. The fourth-order valence-corrected chi connectivity index (χ4v) is 6.21. The van der Waals surface area contributed by atoms with E-state index in [4.69, 9.17) is 0 Å². The number of rotatable bonds is 4. The first kappa shape index (κ1) is 10.4. The van der Waals surface area contributed by atoms with Gasteiger partial charge in [-0.25, -0.2) is 10.0 Å². The Morgan fingerprint density at radius 2 is 1.67 bits per heavy atom. The van der Waals surface area contributed by atoms with E-state index in [0.29, 0.717) is 0 Å². The normalized spacial score (nSPS) is 21.1. The molecule has 0 aromatic rings. The second-order valence-electron chi connectivity index (χ2n) is 4.48. The molecule has 74 valence electrons. The Balaban J connectivity index is 2.54. The van der Waals surface area contributed by atoms with Gasteiger partial charge in [0.15, 0.2) is 0 Å². The van der Waals surface area contributed by atoms with Gasteiger partial charge in [-0.2, -0.15) is 0 Å². The van der Waals surface area contributed by atoms with Crippen molar-refractivity contribution in [3.63, 3.8) is 0 Å². The van der Waals surface area contributed by atoms with Crippen molar-refractivity contribution in [2.24, 2.45) is 0 Å². The summed E-state index contributed by atoms with van der Waals surface area (Å²) in [6, 6.07) is 0. The van der Waals surface area contributed by atoms with E-state index in [1.807, 2.05) is 0 Å². The lowest BCUT2D eigenvalue weighted by molar-refractivity contribution is 0.512. The van der Waals surface area contributed by atoms with Gasteiger partial charge in [0.2, 0.25) is 0 Å². The van der Waals surface area contributed by atoms with Gasteiger partial charge in [0.1, 0.15) is 0 Å². The van der Waals surface area contributed by atoms with Gasteiger partial charge in [0.25, 0.3) is 0 Å². The molecule has 0 aliphatic heterocycles. The molecule has 0 heterocycles. The van der Waals surface area contributed by atoms with Crippen LogP contribution in [0.2, 0.25) is 0 Å². The molecule has 1 aliphatic carbocycles. The third kappa shape index (κ3) is 1.81. The third-order valence-electron chi connectivity index (χ3n) is 3.68. The molecule has 0 aromatic heterocycles. The average Bonchev–Trinajstić information content (AvgIpc) is 1.83. The van der Waals surface area contributed by atoms with Crippen LogP contribution in [0.4, 0.5) is 0 Å². The van der Waals surface area contributed by atoms with Gasteiger partial charge in [-0.3, -0.25) is 0 Å². The maximum atomic E-state index is 2.56. The van der Waals surface area contributed by atoms with Crippen LogP contribution in [-0.2, 0) is 0 Å². The molecule has 0 unspecified atom stereocenters. The molecule has 0 amide bonds. The van der Waals surface area contributed by atoms with E-state index in [9.17, 15) is 0 Å². The van der Waals surface area contributed by atoms with Crippen LogP contribution in [-0.4, -0.2) is 23.0 Å². The lowest BCUT2D eigenvalue weighted by Gasteiger charge is -2.50. The van der Waals surface area contributed by atoms with Crippen LogP contribution in [0.15, 0.2) is 0 Å². The number of hydrogen-bond donors (Lipinski definition) is 0. The highest BCUT2D eigenvalue weighted by molar-refractivity contribution is 8.33. The van der Waals surface area contributed by atoms with E-state index >= 15 is 0 Å². The zero-order valence-electron chi connectivity index (χ0n) is 9.10. The summed E-state index contributed by atoms with van der Waals surface area (Å²) in [5, 5.41) is 2.14. The van der Waals surface area contributed by atoms with Crippen molar-refractivity contribution in [3.8, 4) is 0 Å². The second kappa shape index (κ2) is 4.04. The minimum absolute atomic E-state index is 0.264. The Morgan fingerprint density at radius 3 is 1.92 bits per heavy atom. The topological polar surface area (TPSA) is 0 Å².